The third-order valence-electron chi connectivity index (χ3n) is 24.2. The van der Waals surface area contributed by atoms with E-state index in [4.69, 9.17) is 53.1 Å². The summed E-state index contributed by atoms with van der Waals surface area (Å²) in [6.45, 7) is 45.9. The van der Waals surface area contributed by atoms with Gasteiger partial charge in [-0.1, -0.05) is 245 Å². The van der Waals surface area contributed by atoms with Crippen LogP contribution in [0.5, 0.6) is 11.5 Å². The number of nitrogens with zero attached hydrogens (tertiary/aromatic N) is 7. The first-order chi connectivity index (χ1) is 61.6. The average molecular weight is 1720 g/mol. The lowest BCUT2D eigenvalue weighted by Gasteiger charge is -2.26. The molecular formula is C112H121N9O8. The molecule has 0 atom stereocenters. The fourth-order valence-electron chi connectivity index (χ4n) is 16.4. The highest BCUT2D eigenvalue weighted by atomic mass is 16.6. The molecule has 2 aliphatic heterocycles. The number of carbonyl (C=O) groups is 1. The zero-order chi connectivity index (χ0) is 90.7. The molecule has 13 aromatic rings. The molecule has 129 heavy (non-hydrogen) atoms. The van der Waals surface area contributed by atoms with Gasteiger partial charge in [-0.05, 0) is 209 Å². The van der Waals surface area contributed by atoms with Gasteiger partial charge in [0.15, 0.2) is 0 Å². The predicted octanol–water partition coefficient (Wildman–Crippen LogP) is 25.7. The van der Waals surface area contributed by atoms with Crippen molar-refractivity contribution in [2.75, 3.05) is 72.7 Å². The van der Waals surface area contributed by atoms with Gasteiger partial charge in [-0.15, -0.1) is 5.10 Å². The Kier molecular flexibility index (Phi) is 26.0. The van der Waals surface area contributed by atoms with Gasteiger partial charge in [-0.3, -0.25) is 0 Å². The molecule has 0 saturated heterocycles. The summed E-state index contributed by atoms with van der Waals surface area (Å²) in [5, 5.41) is 10.5. The molecule has 17 heteroatoms. The van der Waals surface area contributed by atoms with Gasteiger partial charge >= 0.3 is 5.97 Å². The van der Waals surface area contributed by atoms with Crippen LogP contribution in [0.4, 0.5) is 0 Å². The van der Waals surface area contributed by atoms with Crippen molar-refractivity contribution < 1.29 is 38.0 Å². The number of aromatic nitrogens is 9. The lowest BCUT2D eigenvalue weighted by atomic mass is 9.78. The highest BCUT2D eigenvalue weighted by Gasteiger charge is 2.30. The molecule has 662 valence electrons. The second-order valence-electron chi connectivity index (χ2n) is 40.1. The lowest BCUT2D eigenvalue weighted by Crippen LogP contribution is -2.16. The van der Waals surface area contributed by atoms with E-state index in [1.54, 1.807) is 0 Å². The first-order valence-electron chi connectivity index (χ1n) is 45.3. The van der Waals surface area contributed by atoms with Crippen molar-refractivity contribution in [3.05, 3.63) is 286 Å². The number of benzene rings is 7. The van der Waals surface area contributed by atoms with Crippen LogP contribution in [-0.2, 0) is 62.7 Å². The fourth-order valence-corrected chi connectivity index (χ4v) is 16.4. The van der Waals surface area contributed by atoms with Crippen LogP contribution in [0.25, 0.3) is 135 Å². The van der Waals surface area contributed by atoms with Crippen molar-refractivity contribution in [3.63, 3.8) is 0 Å². The SMILES string of the molecule is CC(C)(C)c1cc(-c2c3nc(c(-c4cc(C(C)(C)C)cc(C(C)(C)C)c4)c4ccc([nH]4)c(-c4cc(C(C)(C)C)cc(C(C)(C)C)c4)c4nc(c(-c5ccc(C(=O)OCCOCCOCCOc6ccc(-c7ccc8ccc9ccc(-c%10ccc(OCCOCCOCCn%11cc(C%12C=CC=C%12)nn%11)cc%10)nc9c8n7)cc6)cc5)c5ccc2[nH]5)C=C4)C=C3)cc(C(C)(C)C)c1. The van der Waals surface area contributed by atoms with Crippen LogP contribution in [-0.4, -0.2) is 124 Å². The summed E-state index contributed by atoms with van der Waals surface area (Å²) in [5.41, 5.74) is 27.9. The largest absolute Gasteiger partial charge is 0.491 e. The maximum Gasteiger partial charge on any atom is 0.338 e. The van der Waals surface area contributed by atoms with Crippen LogP contribution >= 0.6 is 0 Å². The van der Waals surface area contributed by atoms with E-state index in [2.05, 4.69) is 284 Å². The minimum absolute atomic E-state index is 0.0640. The standard InChI is InChI=1S/C112H121N9O8/c1-107(2,3)81-61-78(62-82(67-81)108(4,5)6)101-93-43-41-91(113-93)100(92-42-44-94(114-92)102(79-63-83(109(7,8)9)68-84(64-79)110(10,11)12)96-46-48-98(116-96)103(97-47-45-95(101)115-97)80-65-85(111(13,14)15)69-86(66-80)112(16,17)18)74-23-27-77(28-24-74)106(122)129-60-57-126-54-53-125-56-59-128-88-37-31-73(32-38-88)90-40-34-76-26-25-75-33-39-89(117-104(75)105(76)118-90)72-29-35-87(36-30-72)127-58-55-124-52-51-123-50-49-121-70-99(119-120-121)71-21-19-20-22-71/h19-48,61-71,113,116H,49-60H2,1-18H3. The second kappa shape index (κ2) is 37.3. The Hall–Kier alpha value is -12.5. The molecule has 2 N–H and O–H groups in total. The quantitative estimate of drug-likeness (QED) is 0.0267. The van der Waals surface area contributed by atoms with Crippen molar-refractivity contribution in [3.8, 4) is 78.5 Å². The zero-order valence-electron chi connectivity index (χ0n) is 78.1. The number of fused-ring (bicyclic) bond motifs is 11. The molecule has 0 radical (unpaired) electrons. The minimum Gasteiger partial charge on any atom is -0.491 e. The van der Waals surface area contributed by atoms with Gasteiger partial charge in [-0.2, -0.15) is 0 Å². The second-order valence-corrected chi connectivity index (χ2v) is 40.1. The van der Waals surface area contributed by atoms with Gasteiger partial charge in [0.05, 0.1) is 116 Å². The van der Waals surface area contributed by atoms with Gasteiger partial charge in [-0.25, -0.2) is 29.4 Å². The van der Waals surface area contributed by atoms with Crippen LogP contribution in [0, 0.1) is 0 Å². The molecule has 8 bridgehead atoms. The van der Waals surface area contributed by atoms with E-state index in [0.717, 1.165) is 145 Å². The number of rotatable bonds is 28. The predicted molar refractivity (Wildman–Crippen MR) is 526 cm³/mol. The third-order valence-corrected chi connectivity index (χ3v) is 24.2. The number of H-pyrrole nitrogens is 2. The Balaban J connectivity index is 0.583. The van der Waals surface area contributed by atoms with Crippen LogP contribution in [0.1, 0.15) is 203 Å². The minimum atomic E-state index is -0.454. The molecule has 0 saturated carbocycles. The third kappa shape index (κ3) is 21.1. The van der Waals surface area contributed by atoms with E-state index >= 15 is 0 Å². The normalized spacial score (nSPS) is 13.3. The van der Waals surface area contributed by atoms with Crippen molar-refractivity contribution in [2.45, 2.75) is 170 Å². The molecule has 1 aliphatic carbocycles. The summed E-state index contributed by atoms with van der Waals surface area (Å²) in [6, 6.07) is 66.2. The molecule has 17 nitrogen and oxygen atoms in total. The molecule has 0 amide bonds. The number of hydrogen-bond acceptors (Lipinski definition) is 14. The molecule has 8 heterocycles. The molecule has 0 spiro atoms. The Bertz CT molecular complexity index is 6440. The highest BCUT2D eigenvalue weighted by molar-refractivity contribution is 6.05. The number of allylic oxidation sites excluding steroid dienone is 4. The number of pyridine rings is 2. The molecule has 0 fully saturated rings. The van der Waals surface area contributed by atoms with Crippen molar-refractivity contribution in [1.82, 2.24) is 44.9 Å². The fraction of sp³-hybridized carbons (Fsp3) is 0.330. The summed E-state index contributed by atoms with van der Waals surface area (Å²) < 4.78 is 43.1. The Morgan fingerprint density at radius 2 is 0.667 bits per heavy atom. The highest BCUT2D eigenvalue weighted by Crippen LogP contribution is 2.45. The number of aromatic amines is 2. The molecule has 6 aromatic heterocycles. The topological polar surface area (TPSA) is 196 Å². The van der Waals surface area contributed by atoms with E-state index in [9.17, 15) is 4.79 Å². The molecule has 16 rings (SSSR count). The summed E-state index contributed by atoms with van der Waals surface area (Å²) >= 11 is 0. The van der Waals surface area contributed by atoms with Crippen LogP contribution in [0.2, 0.25) is 0 Å². The van der Waals surface area contributed by atoms with Gasteiger partial charge in [0.2, 0.25) is 0 Å². The number of nitrogens with one attached hydrogen (secondary N) is 2. The average Bonchev–Trinajstić information content (AvgIpc) is 1.74. The van der Waals surface area contributed by atoms with E-state index in [1.165, 1.54) is 33.4 Å². The maximum atomic E-state index is 14.0. The van der Waals surface area contributed by atoms with Crippen LogP contribution in [0.15, 0.2) is 219 Å². The smallest absolute Gasteiger partial charge is 0.338 e. The number of ether oxygens (including phenoxy) is 7. The first-order valence-corrected chi connectivity index (χ1v) is 45.3. The van der Waals surface area contributed by atoms with Crippen molar-refractivity contribution in [2.24, 2.45) is 0 Å². The number of hydrogen-bond donors (Lipinski definition) is 2. The Labute approximate surface area is 759 Å². The van der Waals surface area contributed by atoms with E-state index < -0.39 is 5.97 Å². The van der Waals surface area contributed by atoms with E-state index in [1.807, 2.05) is 108 Å². The summed E-state index contributed by atoms with van der Waals surface area (Å²) in [4.78, 5) is 44.0. The molecule has 0 unspecified atom stereocenters. The summed E-state index contributed by atoms with van der Waals surface area (Å²) in [7, 11) is 0. The summed E-state index contributed by atoms with van der Waals surface area (Å²) in [5.74, 6) is 1.21. The van der Waals surface area contributed by atoms with Gasteiger partial charge in [0.25, 0.3) is 0 Å². The van der Waals surface area contributed by atoms with Crippen molar-refractivity contribution >= 4 is 74.1 Å². The number of esters is 1. The van der Waals surface area contributed by atoms with Crippen LogP contribution in [0.3, 0.4) is 0 Å². The van der Waals surface area contributed by atoms with Crippen LogP contribution < -0.4 is 9.47 Å². The summed E-state index contributed by atoms with van der Waals surface area (Å²) in [6.07, 6.45) is 18.9. The Morgan fingerprint density at radius 3 is 1.03 bits per heavy atom. The molecule has 7 aromatic carbocycles. The van der Waals surface area contributed by atoms with Gasteiger partial charge in [0.1, 0.15) is 31.3 Å². The first kappa shape index (κ1) is 89.9. The Morgan fingerprint density at radius 1 is 0.341 bits per heavy atom. The molecular weight excluding hydrogens is 1600 g/mol. The van der Waals surface area contributed by atoms with Gasteiger partial charge in [0, 0.05) is 78.3 Å². The van der Waals surface area contributed by atoms with E-state index in [0.29, 0.717) is 77.3 Å². The molecule has 3 aliphatic rings. The number of carbonyl (C=O) groups excluding carboxylic acids is 1. The van der Waals surface area contributed by atoms with Crippen molar-refractivity contribution in [1.29, 1.82) is 0 Å². The van der Waals surface area contributed by atoms with Gasteiger partial charge < -0.3 is 43.1 Å². The zero-order valence-corrected chi connectivity index (χ0v) is 78.1. The van der Waals surface area contributed by atoms with E-state index in [-0.39, 0.29) is 51.6 Å². The monoisotopic (exact) mass is 1720 g/mol. The lowest BCUT2D eigenvalue weighted by molar-refractivity contribution is 0.0106. The maximum absolute atomic E-state index is 14.0.